The number of amides is 2. The fraction of sp³-hybridized carbons (Fsp3) is 0.200. The van der Waals surface area contributed by atoms with Crippen molar-refractivity contribution in [2.45, 2.75) is 17.9 Å². The van der Waals surface area contributed by atoms with Crippen LogP contribution in [-0.4, -0.2) is 32.3 Å². The lowest BCUT2D eigenvalue weighted by Crippen LogP contribution is -2.25. The monoisotopic (exact) mass is 501 g/mol. The van der Waals surface area contributed by atoms with Crippen LogP contribution < -0.4 is 10.6 Å². The van der Waals surface area contributed by atoms with Crippen molar-refractivity contribution in [3.05, 3.63) is 70.3 Å². The largest absolute Gasteiger partial charge is 0.416 e. The van der Waals surface area contributed by atoms with E-state index in [1.54, 1.807) is 7.05 Å². The second-order valence-electron chi connectivity index (χ2n) is 6.65. The summed E-state index contributed by atoms with van der Waals surface area (Å²) in [7, 11) is 1.61. The topological polar surface area (TPSA) is 88.9 Å². The van der Waals surface area contributed by atoms with Gasteiger partial charge in [-0.15, -0.1) is 10.2 Å². The summed E-state index contributed by atoms with van der Waals surface area (Å²) < 4.78 is 53.8. The summed E-state index contributed by atoms with van der Waals surface area (Å²) >= 11 is 6.86. The van der Waals surface area contributed by atoms with Gasteiger partial charge in [0.2, 0.25) is 5.91 Å². The van der Waals surface area contributed by atoms with Crippen molar-refractivity contribution in [3.8, 4) is 0 Å². The molecule has 3 aromatic rings. The van der Waals surface area contributed by atoms with Crippen molar-refractivity contribution in [1.29, 1.82) is 0 Å². The highest BCUT2D eigenvalue weighted by Gasteiger charge is 2.31. The maximum absolute atomic E-state index is 13.7. The molecule has 0 spiro atoms. The van der Waals surface area contributed by atoms with Gasteiger partial charge in [0.05, 0.1) is 34.1 Å². The lowest BCUT2D eigenvalue weighted by molar-refractivity contribution is -0.137. The Kier molecular flexibility index (Phi) is 7.59. The van der Waals surface area contributed by atoms with Gasteiger partial charge in [-0.25, -0.2) is 4.39 Å². The maximum atomic E-state index is 13.7. The third-order valence-electron chi connectivity index (χ3n) is 4.35. The van der Waals surface area contributed by atoms with E-state index in [9.17, 15) is 27.2 Å². The van der Waals surface area contributed by atoms with Crippen LogP contribution in [0.4, 0.5) is 23.2 Å². The summed E-state index contributed by atoms with van der Waals surface area (Å²) in [6.07, 6.45) is -4.57. The van der Waals surface area contributed by atoms with Gasteiger partial charge < -0.3 is 15.2 Å². The number of halogens is 5. The van der Waals surface area contributed by atoms with E-state index < -0.39 is 29.4 Å². The number of anilines is 1. The van der Waals surface area contributed by atoms with Gasteiger partial charge in [-0.1, -0.05) is 35.5 Å². The maximum Gasteiger partial charge on any atom is 0.416 e. The molecule has 0 aliphatic heterocycles. The van der Waals surface area contributed by atoms with Crippen molar-refractivity contribution in [1.82, 2.24) is 20.1 Å². The van der Waals surface area contributed by atoms with E-state index in [1.165, 1.54) is 28.8 Å². The molecule has 174 valence electrons. The second kappa shape index (κ2) is 10.2. The molecule has 0 aliphatic rings. The second-order valence-corrected chi connectivity index (χ2v) is 8.00. The lowest BCUT2D eigenvalue weighted by Gasteiger charge is -2.11. The van der Waals surface area contributed by atoms with Crippen molar-refractivity contribution >= 4 is 40.9 Å². The first-order valence-corrected chi connectivity index (χ1v) is 10.6. The minimum absolute atomic E-state index is 0.0344. The van der Waals surface area contributed by atoms with Gasteiger partial charge in [0.25, 0.3) is 5.91 Å². The number of rotatable bonds is 7. The van der Waals surface area contributed by atoms with Crippen LogP contribution in [0.25, 0.3) is 0 Å². The molecule has 7 nitrogen and oxygen atoms in total. The van der Waals surface area contributed by atoms with Crippen LogP contribution in [0.15, 0.2) is 47.6 Å². The highest BCUT2D eigenvalue weighted by Crippen LogP contribution is 2.34. The first kappa shape index (κ1) is 24.5. The number of carbonyl (C=O) groups is 2. The molecule has 0 saturated carbocycles. The van der Waals surface area contributed by atoms with Crippen LogP contribution in [0.5, 0.6) is 0 Å². The average molecular weight is 502 g/mol. The fourth-order valence-corrected chi connectivity index (χ4v) is 3.53. The van der Waals surface area contributed by atoms with Crippen molar-refractivity contribution < 1.29 is 27.2 Å². The van der Waals surface area contributed by atoms with E-state index in [2.05, 4.69) is 20.8 Å². The molecular formula is C20H16ClF4N5O2S. The molecule has 0 fully saturated rings. The number of aromatic nitrogens is 3. The Balaban J connectivity index is 1.57. The van der Waals surface area contributed by atoms with E-state index in [0.29, 0.717) is 11.0 Å². The van der Waals surface area contributed by atoms with Crippen LogP contribution in [-0.2, 0) is 24.6 Å². The predicted octanol–water partition coefficient (Wildman–Crippen LogP) is 4.29. The molecule has 0 saturated heterocycles. The molecule has 33 heavy (non-hydrogen) atoms. The molecule has 1 aromatic heterocycles. The first-order chi connectivity index (χ1) is 15.6. The number of benzene rings is 2. The fourth-order valence-electron chi connectivity index (χ4n) is 2.64. The minimum atomic E-state index is -4.57. The normalized spacial score (nSPS) is 11.3. The molecular weight excluding hydrogens is 486 g/mol. The molecule has 0 aliphatic carbocycles. The number of hydrogen-bond donors (Lipinski definition) is 2. The van der Waals surface area contributed by atoms with Gasteiger partial charge in [0, 0.05) is 7.05 Å². The summed E-state index contributed by atoms with van der Waals surface area (Å²) in [5.41, 5.74) is -1.21. The summed E-state index contributed by atoms with van der Waals surface area (Å²) in [4.78, 5) is 24.3. The van der Waals surface area contributed by atoms with E-state index >= 15 is 0 Å². The van der Waals surface area contributed by atoms with Crippen LogP contribution in [0.3, 0.4) is 0 Å². The molecule has 2 amide bonds. The molecule has 2 aromatic carbocycles. The van der Waals surface area contributed by atoms with Gasteiger partial charge in [-0.3, -0.25) is 9.59 Å². The SMILES string of the molecule is Cn1c(CNC(=O)c2ccccc2F)nnc1SCC(=O)Nc1cc(C(F)(F)F)ccc1Cl. The third-order valence-corrected chi connectivity index (χ3v) is 5.70. The van der Waals surface area contributed by atoms with Crippen molar-refractivity contribution in [2.24, 2.45) is 7.05 Å². The molecule has 0 unspecified atom stereocenters. The molecule has 1 heterocycles. The smallest absolute Gasteiger partial charge is 0.345 e. The molecule has 0 atom stereocenters. The lowest BCUT2D eigenvalue weighted by atomic mass is 10.2. The molecule has 13 heteroatoms. The summed E-state index contributed by atoms with van der Waals surface area (Å²) in [5, 5.41) is 13.0. The summed E-state index contributed by atoms with van der Waals surface area (Å²) in [5.74, 6) is -1.71. The predicted molar refractivity (Wildman–Crippen MR) is 114 cm³/mol. The molecule has 3 rings (SSSR count). The Morgan fingerprint density at radius 1 is 1.15 bits per heavy atom. The zero-order chi connectivity index (χ0) is 24.2. The standard InChI is InChI=1S/C20H16ClF4N5O2S/c1-30-16(9-26-18(32)12-4-2-3-5-14(12)22)28-29-19(30)33-10-17(31)27-15-8-11(20(23,24)25)6-7-13(15)21/h2-8H,9-10H2,1H3,(H,26,32)(H,27,31). The highest BCUT2D eigenvalue weighted by atomic mass is 35.5. The van der Waals surface area contributed by atoms with Gasteiger partial charge in [-0.2, -0.15) is 13.2 Å². The molecule has 0 radical (unpaired) electrons. The molecule has 2 N–H and O–H groups in total. The van der Waals surface area contributed by atoms with Gasteiger partial charge in [-0.05, 0) is 30.3 Å². The third kappa shape index (κ3) is 6.23. The number of alkyl halides is 3. The highest BCUT2D eigenvalue weighted by molar-refractivity contribution is 7.99. The van der Waals surface area contributed by atoms with Crippen molar-refractivity contribution in [3.63, 3.8) is 0 Å². The Bertz CT molecular complexity index is 1190. The van der Waals surface area contributed by atoms with Crippen LogP contribution in [0.2, 0.25) is 5.02 Å². The molecule has 0 bridgehead atoms. The first-order valence-electron chi connectivity index (χ1n) is 9.26. The Morgan fingerprint density at radius 2 is 1.88 bits per heavy atom. The quantitative estimate of drug-likeness (QED) is 0.372. The average Bonchev–Trinajstić information content (AvgIpc) is 3.11. The van der Waals surface area contributed by atoms with E-state index in [4.69, 9.17) is 11.6 Å². The zero-order valence-electron chi connectivity index (χ0n) is 16.9. The van der Waals surface area contributed by atoms with Gasteiger partial charge >= 0.3 is 6.18 Å². The Morgan fingerprint density at radius 3 is 2.58 bits per heavy atom. The number of nitrogens with zero attached hydrogens (tertiary/aromatic N) is 3. The van der Waals surface area contributed by atoms with Crippen LogP contribution in [0.1, 0.15) is 21.7 Å². The summed E-state index contributed by atoms with van der Waals surface area (Å²) in [6.45, 7) is -0.0384. The summed E-state index contributed by atoms with van der Waals surface area (Å²) in [6, 6.07) is 8.14. The van der Waals surface area contributed by atoms with Crippen molar-refractivity contribution in [2.75, 3.05) is 11.1 Å². The number of nitrogens with one attached hydrogen (secondary N) is 2. The van der Waals surface area contributed by atoms with Gasteiger partial charge in [0.1, 0.15) is 5.82 Å². The van der Waals surface area contributed by atoms with E-state index in [1.807, 2.05) is 0 Å². The number of carbonyl (C=O) groups excluding carboxylic acids is 2. The Labute approximate surface area is 194 Å². The Hall–Kier alpha value is -3.12. The number of thioether (sulfide) groups is 1. The number of hydrogen-bond acceptors (Lipinski definition) is 5. The van der Waals surface area contributed by atoms with E-state index in [-0.39, 0.29) is 28.6 Å². The zero-order valence-corrected chi connectivity index (χ0v) is 18.5. The minimum Gasteiger partial charge on any atom is -0.345 e. The van der Waals surface area contributed by atoms with E-state index in [0.717, 1.165) is 30.0 Å². The van der Waals surface area contributed by atoms with Gasteiger partial charge in [0.15, 0.2) is 11.0 Å². The van der Waals surface area contributed by atoms with Crippen LogP contribution in [0, 0.1) is 5.82 Å². The van der Waals surface area contributed by atoms with Crippen LogP contribution >= 0.6 is 23.4 Å².